The lowest BCUT2D eigenvalue weighted by atomic mass is 9.59. The maximum Gasteiger partial charge on any atom is 0.337 e. The van der Waals surface area contributed by atoms with Crippen molar-refractivity contribution in [2.45, 2.75) is 77.7 Å². The van der Waals surface area contributed by atoms with Gasteiger partial charge in [-0.1, -0.05) is 46.5 Å². The minimum Gasteiger partial charge on any atom is -0.481 e. The van der Waals surface area contributed by atoms with Crippen molar-refractivity contribution in [1.82, 2.24) is 0 Å². The summed E-state index contributed by atoms with van der Waals surface area (Å²) in [7, 11) is 0. The number of carboxylic acid groups (broad SMARTS) is 3. The highest BCUT2D eigenvalue weighted by atomic mass is 16.6. The van der Waals surface area contributed by atoms with Gasteiger partial charge in [0.15, 0.2) is 11.5 Å². The molecule has 4 N–H and O–H groups in total. The molecule has 32 heavy (non-hydrogen) atoms. The van der Waals surface area contributed by atoms with Crippen LogP contribution in [0.25, 0.3) is 0 Å². The van der Waals surface area contributed by atoms with E-state index in [0.717, 1.165) is 0 Å². The van der Waals surface area contributed by atoms with E-state index in [2.05, 4.69) is 0 Å². The Balaban J connectivity index is 6.86. The summed E-state index contributed by atoms with van der Waals surface area (Å²) >= 11 is 0. The zero-order valence-electron chi connectivity index (χ0n) is 18.8. The van der Waals surface area contributed by atoms with Crippen LogP contribution in [0.3, 0.4) is 0 Å². The summed E-state index contributed by atoms with van der Waals surface area (Å²) in [5.41, 5.74) is -6.54. The molecule has 184 valence electrons. The number of carboxylic acids is 3. The van der Waals surface area contributed by atoms with Gasteiger partial charge in [0.2, 0.25) is 0 Å². The lowest BCUT2D eigenvalue weighted by Crippen LogP contribution is -2.65. The first kappa shape index (κ1) is 29.3. The van der Waals surface area contributed by atoms with Crippen LogP contribution in [0.4, 0.5) is 0 Å². The number of aliphatic carboxylic acids is 3. The van der Waals surface area contributed by atoms with Gasteiger partial charge in [-0.25, -0.2) is 4.79 Å². The number of carbonyl (C=O) groups excluding carboxylic acids is 2. The summed E-state index contributed by atoms with van der Waals surface area (Å²) < 4.78 is 10.1. The normalized spacial score (nSPS) is 14.8. The zero-order chi connectivity index (χ0) is 24.9. The molecule has 0 rings (SSSR count). The predicted molar refractivity (Wildman–Crippen MR) is 110 cm³/mol. The standard InChI is InChI=1S/C21H34O11/c1-4-7-10-20(18(26)27,21(30,19(28)29)13-14(22)23)15(16(24)31-11-8-5-2)17(25)32-12-9-6-3/h15,30H,4-13H2,1-3H3,(H,22,23)(H,26,27)(H,28,29). The second-order valence-corrected chi connectivity index (χ2v) is 7.59. The Bertz CT molecular complexity index is 653. The fourth-order valence-electron chi connectivity index (χ4n) is 3.40. The zero-order valence-corrected chi connectivity index (χ0v) is 18.8. The number of rotatable bonds is 17. The third-order valence-corrected chi connectivity index (χ3v) is 5.25. The molecule has 2 atom stereocenters. The van der Waals surface area contributed by atoms with Crippen LogP contribution in [-0.4, -0.2) is 69.1 Å². The molecule has 11 heteroatoms. The second kappa shape index (κ2) is 13.7. The fourth-order valence-corrected chi connectivity index (χ4v) is 3.40. The van der Waals surface area contributed by atoms with Crippen LogP contribution in [0.1, 0.15) is 72.1 Å². The largest absolute Gasteiger partial charge is 0.481 e. The van der Waals surface area contributed by atoms with Gasteiger partial charge in [0.05, 0.1) is 19.6 Å². The van der Waals surface area contributed by atoms with Crippen molar-refractivity contribution in [3.63, 3.8) is 0 Å². The molecule has 0 fully saturated rings. The van der Waals surface area contributed by atoms with Gasteiger partial charge in [0.1, 0.15) is 5.41 Å². The van der Waals surface area contributed by atoms with E-state index in [9.17, 15) is 44.4 Å². The summed E-state index contributed by atoms with van der Waals surface area (Å²) in [5.74, 6) is -11.2. The number of hydrogen-bond donors (Lipinski definition) is 4. The second-order valence-electron chi connectivity index (χ2n) is 7.59. The molecule has 0 saturated carbocycles. The van der Waals surface area contributed by atoms with Crippen molar-refractivity contribution in [2.24, 2.45) is 11.3 Å². The van der Waals surface area contributed by atoms with Crippen molar-refractivity contribution in [3.05, 3.63) is 0 Å². The number of hydrogen-bond acceptors (Lipinski definition) is 8. The quantitative estimate of drug-likeness (QED) is 0.140. The highest BCUT2D eigenvalue weighted by Gasteiger charge is 2.69. The first-order valence-corrected chi connectivity index (χ1v) is 10.7. The minimum atomic E-state index is -3.50. The molecule has 0 heterocycles. The summed E-state index contributed by atoms with van der Waals surface area (Å²) in [6.07, 6.45) is 0.0363. The van der Waals surface area contributed by atoms with Gasteiger partial charge in [0.25, 0.3) is 0 Å². The Morgan fingerprint density at radius 3 is 1.50 bits per heavy atom. The molecule has 0 radical (unpaired) electrons. The molecule has 11 nitrogen and oxygen atoms in total. The van der Waals surface area contributed by atoms with Gasteiger partial charge in [-0.2, -0.15) is 0 Å². The van der Waals surface area contributed by atoms with Gasteiger partial charge in [0, 0.05) is 0 Å². The molecule has 0 aromatic rings. The monoisotopic (exact) mass is 462 g/mol. The van der Waals surface area contributed by atoms with Crippen LogP contribution in [0.15, 0.2) is 0 Å². The van der Waals surface area contributed by atoms with Crippen LogP contribution < -0.4 is 0 Å². The number of unbranched alkanes of at least 4 members (excludes halogenated alkanes) is 3. The molecule has 0 bridgehead atoms. The van der Waals surface area contributed by atoms with Crippen molar-refractivity contribution >= 4 is 29.8 Å². The van der Waals surface area contributed by atoms with Gasteiger partial charge in [-0.05, 0) is 19.3 Å². The summed E-state index contributed by atoms with van der Waals surface area (Å²) in [6, 6.07) is 0. The SMILES string of the molecule is CCCCOC(=O)C(C(=O)OCCCC)C(CCCC)(C(=O)O)C(O)(CC(=O)O)C(=O)O. The Hall–Kier alpha value is -2.69. The minimum absolute atomic E-state index is 0.0253. The number of ether oxygens (including phenoxy) is 2. The average Bonchev–Trinajstić information content (AvgIpc) is 2.70. The molecule has 0 saturated heterocycles. The van der Waals surface area contributed by atoms with Crippen LogP contribution in [0.5, 0.6) is 0 Å². The topological polar surface area (TPSA) is 185 Å². The highest BCUT2D eigenvalue weighted by Crippen LogP contribution is 2.47. The van der Waals surface area contributed by atoms with E-state index >= 15 is 0 Å². The summed E-state index contributed by atoms with van der Waals surface area (Å²) in [5, 5.41) is 40.1. The fraction of sp³-hybridized carbons (Fsp3) is 0.762. The Kier molecular flexibility index (Phi) is 12.5. The molecule has 0 amide bonds. The maximum absolute atomic E-state index is 12.9. The molecular weight excluding hydrogens is 428 g/mol. The van der Waals surface area contributed by atoms with Gasteiger partial charge >= 0.3 is 29.8 Å². The highest BCUT2D eigenvalue weighted by molar-refractivity contribution is 6.04. The van der Waals surface area contributed by atoms with Crippen molar-refractivity contribution in [2.75, 3.05) is 13.2 Å². The number of carbonyl (C=O) groups is 5. The molecule has 0 aliphatic carbocycles. The lowest BCUT2D eigenvalue weighted by molar-refractivity contribution is -0.211. The maximum atomic E-state index is 12.9. The third kappa shape index (κ3) is 6.91. The van der Waals surface area contributed by atoms with Crippen LogP contribution in [0.2, 0.25) is 0 Å². The number of esters is 2. The summed E-state index contributed by atoms with van der Waals surface area (Å²) in [6.45, 7) is 4.87. The first-order valence-electron chi connectivity index (χ1n) is 10.7. The van der Waals surface area contributed by atoms with E-state index in [4.69, 9.17) is 9.47 Å². The van der Waals surface area contributed by atoms with Crippen molar-refractivity contribution in [1.29, 1.82) is 0 Å². The molecule has 0 aliphatic heterocycles. The van der Waals surface area contributed by atoms with Crippen molar-refractivity contribution < 1.29 is 53.9 Å². The van der Waals surface area contributed by atoms with E-state index in [0.29, 0.717) is 32.1 Å². The first-order chi connectivity index (χ1) is 15.0. The molecular formula is C21H34O11. The van der Waals surface area contributed by atoms with E-state index < -0.39 is 59.6 Å². The molecule has 0 aromatic heterocycles. The Morgan fingerprint density at radius 2 is 1.19 bits per heavy atom. The predicted octanol–water partition coefficient (Wildman–Crippen LogP) is 1.84. The lowest BCUT2D eigenvalue weighted by Gasteiger charge is -2.43. The van der Waals surface area contributed by atoms with Crippen molar-refractivity contribution in [3.8, 4) is 0 Å². The van der Waals surface area contributed by atoms with Gasteiger partial charge in [-0.15, -0.1) is 0 Å². The Labute approximate surface area is 186 Å². The van der Waals surface area contributed by atoms with Gasteiger partial charge in [-0.3, -0.25) is 19.2 Å². The van der Waals surface area contributed by atoms with Crippen LogP contribution in [0, 0.1) is 11.3 Å². The smallest absolute Gasteiger partial charge is 0.337 e. The molecule has 0 aromatic carbocycles. The number of aliphatic hydroxyl groups is 1. The van der Waals surface area contributed by atoms with E-state index in [1.54, 1.807) is 20.8 Å². The summed E-state index contributed by atoms with van der Waals surface area (Å²) in [4.78, 5) is 61.8. The Morgan fingerprint density at radius 1 is 0.750 bits per heavy atom. The molecule has 0 spiro atoms. The van der Waals surface area contributed by atoms with E-state index in [1.807, 2.05) is 0 Å². The van der Waals surface area contributed by atoms with E-state index in [-0.39, 0.29) is 19.6 Å². The van der Waals surface area contributed by atoms with Crippen LogP contribution >= 0.6 is 0 Å². The average molecular weight is 462 g/mol. The van der Waals surface area contributed by atoms with Gasteiger partial charge < -0.3 is 29.9 Å². The van der Waals surface area contributed by atoms with E-state index in [1.165, 1.54) is 0 Å². The van der Waals surface area contributed by atoms with Crippen LogP contribution in [-0.2, 0) is 33.4 Å². The molecule has 0 aliphatic rings. The molecule has 2 unspecified atom stereocenters. The third-order valence-electron chi connectivity index (χ3n) is 5.25.